The third-order valence-electron chi connectivity index (χ3n) is 4.22. The van der Waals surface area contributed by atoms with E-state index in [0.29, 0.717) is 10.7 Å². The van der Waals surface area contributed by atoms with Crippen LogP contribution in [0.4, 0.5) is 5.69 Å². The summed E-state index contributed by atoms with van der Waals surface area (Å²) in [6, 6.07) is 11.1. The highest BCUT2D eigenvalue weighted by molar-refractivity contribution is 7.89. The predicted molar refractivity (Wildman–Crippen MR) is 113 cm³/mol. The minimum Gasteiger partial charge on any atom is -0.325 e. The summed E-state index contributed by atoms with van der Waals surface area (Å²) in [4.78, 5) is 12.5. The second-order valence-electron chi connectivity index (χ2n) is 6.58. The van der Waals surface area contributed by atoms with Gasteiger partial charge in [0.2, 0.25) is 15.9 Å². The molecule has 0 aliphatic rings. The van der Waals surface area contributed by atoms with Crippen molar-refractivity contribution in [2.24, 2.45) is 0 Å². The Morgan fingerprint density at radius 1 is 1.04 bits per heavy atom. The fourth-order valence-corrected chi connectivity index (χ4v) is 4.04. The lowest BCUT2D eigenvalue weighted by Gasteiger charge is -2.20. The number of rotatable bonds is 7. The first kappa shape index (κ1) is 22.6. The molecular weight excluding hydrogens is 421 g/mol. The van der Waals surface area contributed by atoms with Gasteiger partial charge in [0.25, 0.3) is 0 Å². The highest BCUT2D eigenvalue weighted by Gasteiger charge is 2.22. The number of benzene rings is 2. The number of sulfonamides is 1. The maximum absolute atomic E-state index is 12.5. The number of hydrogen-bond donors (Lipinski definition) is 2. The summed E-state index contributed by atoms with van der Waals surface area (Å²) in [5.41, 5.74) is 1.34. The van der Waals surface area contributed by atoms with Crippen molar-refractivity contribution in [1.29, 1.82) is 0 Å². The summed E-state index contributed by atoms with van der Waals surface area (Å²) in [5.74, 6) is -0.295. The van der Waals surface area contributed by atoms with Crippen LogP contribution in [-0.2, 0) is 14.8 Å². The Labute approximate surface area is 175 Å². The van der Waals surface area contributed by atoms with Crippen LogP contribution in [0.15, 0.2) is 47.4 Å². The van der Waals surface area contributed by atoms with Gasteiger partial charge in [-0.2, -0.15) is 0 Å². The standard InChI is InChI=1S/C19H23Cl2N3O3S/c1-12(14-5-7-15(20)8-6-14)22-13(2)19(25)23-16-9-10-17(21)18(11-16)28(26,27)24(3)4/h5-13,22H,1-4H3,(H,23,25)/t12-,13-/m0/s1. The molecule has 0 unspecified atom stereocenters. The van der Waals surface area contributed by atoms with Gasteiger partial charge in [0, 0.05) is 30.8 Å². The maximum atomic E-state index is 12.5. The minimum atomic E-state index is -3.72. The normalized spacial score (nSPS) is 14.0. The number of hydrogen-bond acceptors (Lipinski definition) is 4. The molecule has 9 heteroatoms. The minimum absolute atomic E-state index is 0.0629. The van der Waals surface area contributed by atoms with Crippen molar-refractivity contribution in [1.82, 2.24) is 9.62 Å². The first-order valence-electron chi connectivity index (χ1n) is 8.57. The zero-order chi connectivity index (χ0) is 21.1. The summed E-state index contributed by atoms with van der Waals surface area (Å²) in [6.07, 6.45) is 0. The van der Waals surface area contributed by atoms with Crippen molar-refractivity contribution in [2.75, 3.05) is 19.4 Å². The Hall–Kier alpha value is -1.64. The van der Waals surface area contributed by atoms with E-state index in [1.807, 2.05) is 19.1 Å². The van der Waals surface area contributed by atoms with Crippen LogP contribution in [0.2, 0.25) is 10.0 Å². The lowest BCUT2D eigenvalue weighted by molar-refractivity contribution is -0.117. The molecule has 2 aromatic rings. The van der Waals surface area contributed by atoms with E-state index in [2.05, 4.69) is 10.6 Å². The monoisotopic (exact) mass is 443 g/mol. The van der Waals surface area contributed by atoms with Crippen LogP contribution in [0.25, 0.3) is 0 Å². The van der Waals surface area contributed by atoms with E-state index in [-0.39, 0.29) is 21.9 Å². The molecule has 0 bridgehead atoms. The van der Waals surface area contributed by atoms with Gasteiger partial charge in [0.1, 0.15) is 4.90 Å². The van der Waals surface area contributed by atoms with E-state index in [0.717, 1.165) is 9.87 Å². The van der Waals surface area contributed by atoms with Gasteiger partial charge in [-0.1, -0.05) is 35.3 Å². The number of amides is 1. The zero-order valence-corrected chi connectivity index (χ0v) is 18.4. The molecule has 0 aromatic heterocycles. The van der Waals surface area contributed by atoms with Crippen LogP contribution >= 0.6 is 23.2 Å². The second-order valence-corrected chi connectivity index (χ2v) is 9.55. The Kier molecular flexibility index (Phi) is 7.47. The first-order chi connectivity index (χ1) is 13.0. The summed E-state index contributed by atoms with van der Waals surface area (Å²) in [6.45, 7) is 3.67. The van der Waals surface area contributed by atoms with Crippen molar-refractivity contribution in [2.45, 2.75) is 30.8 Å². The third-order valence-corrected chi connectivity index (χ3v) is 6.77. The number of anilines is 1. The van der Waals surface area contributed by atoms with E-state index >= 15 is 0 Å². The van der Waals surface area contributed by atoms with Crippen LogP contribution < -0.4 is 10.6 Å². The molecule has 0 spiro atoms. The van der Waals surface area contributed by atoms with Gasteiger partial charge < -0.3 is 5.32 Å². The SMILES string of the molecule is C[C@H](N[C@@H](C)c1ccc(Cl)cc1)C(=O)Nc1ccc(Cl)c(S(=O)(=O)N(C)C)c1. The van der Waals surface area contributed by atoms with E-state index in [1.54, 1.807) is 25.1 Å². The lowest BCUT2D eigenvalue weighted by Crippen LogP contribution is -2.39. The molecule has 28 heavy (non-hydrogen) atoms. The van der Waals surface area contributed by atoms with Gasteiger partial charge in [0.15, 0.2) is 0 Å². The van der Waals surface area contributed by atoms with Crippen molar-refractivity contribution in [3.8, 4) is 0 Å². The Balaban J connectivity index is 2.10. The molecule has 2 rings (SSSR count). The van der Waals surface area contributed by atoms with Gasteiger partial charge in [-0.3, -0.25) is 10.1 Å². The molecule has 0 heterocycles. The summed E-state index contributed by atoms with van der Waals surface area (Å²) < 4.78 is 25.8. The van der Waals surface area contributed by atoms with Gasteiger partial charge in [-0.15, -0.1) is 0 Å². The van der Waals surface area contributed by atoms with E-state index < -0.39 is 16.1 Å². The molecule has 0 radical (unpaired) electrons. The third kappa shape index (κ3) is 5.46. The number of nitrogens with one attached hydrogen (secondary N) is 2. The van der Waals surface area contributed by atoms with Gasteiger partial charge >= 0.3 is 0 Å². The molecule has 2 N–H and O–H groups in total. The largest absolute Gasteiger partial charge is 0.325 e. The molecule has 0 aliphatic carbocycles. The number of carbonyl (C=O) groups is 1. The molecular formula is C19H23Cl2N3O3S. The average molecular weight is 444 g/mol. The van der Waals surface area contributed by atoms with Crippen LogP contribution in [0, 0.1) is 0 Å². The molecule has 0 fully saturated rings. The maximum Gasteiger partial charge on any atom is 0.244 e. The summed E-state index contributed by atoms with van der Waals surface area (Å²) in [5, 5.41) is 6.66. The Morgan fingerprint density at radius 2 is 1.64 bits per heavy atom. The topological polar surface area (TPSA) is 78.5 Å². The lowest BCUT2D eigenvalue weighted by atomic mass is 10.1. The smallest absolute Gasteiger partial charge is 0.244 e. The van der Waals surface area contributed by atoms with Gasteiger partial charge in [-0.25, -0.2) is 12.7 Å². The van der Waals surface area contributed by atoms with Crippen LogP contribution in [0.1, 0.15) is 25.5 Å². The van der Waals surface area contributed by atoms with E-state index in [1.165, 1.54) is 26.2 Å². The quantitative estimate of drug-likeness (QED) is 0.679. The summed E-state index contributed by atoms with van der Waals surface area (Å²) in [7, 11) is -0.886. The van der Waals surface area contributed by atoms with Crippen LogP contribution in [0.3, 0.4) is 0 Å². The van der Waals surface area contributed by atoms with E-state index in [4.69, 9.17) is 23.2 Å². The van der Waals surface area contributed by atoms with Crippen molar-refractivity contribution in [3.63, 3.8) is 0 Å². The zero-order valence-electron chi connectivity index (χ0n) is 16.0. The molecule has 2 atom stereocenters. The molecule has 152 valence electrons. The highest BCUT2D eigenvalue weighted by Crippen LogP contribution is 2.27. The van der Waals surface area contributed by atoms with Crippen molar-refractivity contribution in [3.05, 3.63) is 58.1 Å². The van der Waals surface area contributed by atoms with Crippen molar-refractivity contribution < 1.29 is 13.2 Å². The second kappa shape index (κ2) is 9.24. The molecule has 0 saturated heterocycles. The van der Waals surface area contributed by atoms with Crippen LogP contribution in [-0.4, -0.2) is 38.8 Å². The molecule has 1 amide bonds. The number of halogens is 2. The molecule has 0 aliphatic heterocycles. The fraction of sp³-hybridized carbons (Fsp3) is 0.316. The number of carbonyl (C=O) groups excluding carboxylic acids is 1. The Morgan fingerprint density at radius 3 is 2.21 bits per heavy atom. The predicted octanol–water partition coefficient (Wildman–Crippen LogP) is 3.92. The average Bonchev–Trinajstić information content (AvgIpc) is 2.63. The molecule has 6 nitrogen and oxygen atoms in total. The highest BCUT2D eigenvalue weighted by atomic mass is 35.5. The Bertz CT molecular complexity index is 947. The molecule has 0 saturated carbocycles. The summed E-state index contributed by atoms with van der Waals surface area (Å²) >= 11 is 11.9. The van der Waals surface area contributed by atoms with E-state index in [9.17, 15) is 13.2 Å². The fourth-order valence-electron chi connectivity index (χ4n) is 2.52. The van der Waals surface area contributed by atoms with Gasteiger partial charge in [0.05, 0.1) is 11.1 Å². The van der Waals surface area contributed by atoms with Crippen LogP contribution in [0.5, 0.6) is 0 Å². The van der Waals surface area contributed by atoms with Crippen molar-refractivity contribution >= 4 is 44.8 Å². The molecule has 2 aromatic carbocycles. The van der Waals surface area contributed by atoms with Gasteiger partial charge in [-0.05, 0) is 49.7 Å². The first-order valence-corrected chi connectivity index (χ1v) is 10.8. The number of nitrogens with zero attached hydrogens (tertiary/aromatic N) is 1.